The van der Waals surface area contributed by atoms with E-state index in [1.807, 2.05) is 25.2 Å². The van der Waals surface area contributed by atoms with Gasteiger partial charge in [-0.2, -0.15) is 5.10 Å². The van der Waals surface area contributed by atoms with E-state index in [9.17, 15) is 9.18 Å². The van der Waals surface area contributed by atoms with Gasteiger partial charge in [0.05, 0.1) is 12.7 Å². The van der Waals surface area contributed by atoms with Crippen molar-refractivity contribution in [1.82, 2.24) is 14.7 Å². The second kappa shape index (κ2) is 6.29. The molecule has 6 heteroatoms. The van der Waals surface area contributed by atoms with E-state index >= 15 is 0 Å². The summed E-state index contributed by atoms with van der Waals surface area (Å²) in [6.45, 7) is 0.857. The number of nitrogens with one attached hydrogen (secondary N) is 1. The summed E-state index contributed by atoms with van der Waals surface area (Å²) in [7, 11) is 3.69. The normalized spacial score (nSPS) is 10.8. The largest absolute Gasteiger partial charge is 0.325 e. The minimum atomic E-state index is -0.369. The molecule has 1 aromatic heterocycles. The van der Waals surface area contributed by atoms with Gasteiger partial charge >= 0.3 is 0 Å². The van der Waals surface area contributed by atoms with Crippen LogP contribution >= 0.6 is 0 Å². The lowest BCUT2D eigenvalue weighted by atomic mass is 10.3. The van der Waals surface area contributed by atoms with Gasteiger partial charge in [0.2, 0.25) is 5.91 Å². The number of aromatic nitrogens is 2. The molecule has 2 rings (SSSR count). The number of rotatable bonds is 5. The Hall–Kier alpha value is -2.21. The van der Waals surface area contributed by atoms with Crippen LogP contribution in [0.1, 0.15) is 5.56 Å². The fourth-order valence-corrected chi connectivity index (χ4v) is 1.93. The van der Waals surface area contributed by atoms with Crippen molar-refractivity contribution in [2.45, 2.75) is 6.54 Å². The maximum Gasteiger partial charge on any atom is 0.238 e. The third kappa shape index (κ3) is 4.17. The molecular formula is C14H17FN4O. The van der Waals surface area contributed by atoms with Crippen LogP contribution in [0.5, 0.6) is 0 Å². The highest BCUT2D eigenvalue weighted by molar-refractivity contribution is 5.92. The number of amides is 1. The predicted octanol–water partition coefficient (Wildman–Crippen LogP) is 1.63. The third-order valence-corrected chi connectivity index (χ3v) is 2.73. The van der Waals surface area contributed by atoms with Crippen LogP contribution in [0.15, 0.2) is 36.7 Å². The Bertz CT molecular complexity index is 596. The minimum Gasteiger partial charge on any atom is -0.325 e. The fraction of sp³-hybridized carbons (Fsp3) is 0.286. The highest BCUT2D eigenvalue weighted by Crippen LogP contribution is 2.09. The number of carbonyl (C=O) groups excluding carboxylic acids is 1. The zero-order valence-corrected chi connectivity index (χ0v) is 11.5. The number of likely N-dealkylation sites (N-methyl/N-ethyl adjacent to an activating group) is 1. The van der Waals surface area contributed by atoms with Crippen molar-refractivity contribution in [1.29, 1.82) is 0 Å². The molecule has 1 heterocycles. The molecule has 0 aliphatic carbocycles. The topological polar surface area (TPSA) is 50.2 Å². The summed E-state index contributed by atoms with van der Waals surface area (Å²) < 4.78 is 14.7. The van der Waals surface area contributed by atoms with Crippen molar-refractivity contribution in [3.63, 3.8) is 0 Å². The van der Waals surface area contributed by atoms with E-state index in [4.69, 9.17) is 0 Å². The van der Waals surface area contributed by atoms with Gasteiger partial charge < -0.3 is 5.32 Å². The van der Waals surface area contributed by atoms with Crippen molar-refractivity contribution in [3.05, 3.63) is 48.0 Å². The lowest BCUT2D eigenvalue weighted by Gasteiger charge is -2.15. The van der Waals surface area contributed by atoms with Crippen LogP contribution in [0.2, 0.25) is 0 Å². The molecule has 0 aliphatic rings. The maximum atomic E-state index is 13.0. The van der Waals surface area contributed by atoms with E-state index in [1.165, 1.54) is 12.1 Å². The van der Waals surface area contributed by atoms with Gasteiger partial charge in [0.25, 0.3) is 0 Å². The maximum absolute atomic E-state index is 13.0. The van der Waals surface area contributed by atoms with Crippen LogP contribution in [0.25, 0.3) is 0 Å². The zero-order valence-electron chi connectivity index (χ0n) is 11.5. The lowest BCUT2D eigenvalue weighted by molar-refractivity contribution is -0.117. The Morgan fingerprint density at radius 3 is 2.95 bits per heavy atom. The summed E-state index contributed by atoms with van der Waals surface area (Å²) in [4.78, 5) is 13.7. The molecule has 1 aromatic carbocycles. The smallest absolute Gasteiger partial charge is 0.238 e. The van der Waals surface area contributed by atoms with Gasteiger partial charge in [-0.25, -0.2) is 4.39 Å². The molecule has 20 heavy (non-hydrogen) atoms. The molecule has 5 nitrogen and oxygen atoms in total. The number of benzene rings is 1. The number of nitrogens with zero attached hydrogens (tertiary/aromatic N) is 3. The Labute approximate surface area is 117 Å². The summed E-state index contributed by atoms with van der Waals surface area (Å²) in [5, 5.41) is 6.74. The molecule has 0 aliphatic heterocycles. The number of carbonyl (C=O) groups is 1. The number of anilines is 1. The molecule has 0 spiro atoms. The van der Waals surface area contributed by atoms with Crippen LogP contribution < -0.4 is 5.32 Å². The molecule has 0 atom stereocenters. The minimum absolute atomic E-state index is 0.179. The monoisotopic (exact) mass is 276 g/mol. The molecule has 1 N–H and O–H groups in total. The molecule has 0 saturated carbocycles. The second-order valence-electron chi connectivity index (χ2n) is 4.75. The first-order valence-corrected chi connectivity index (χ1v) is 6.24. The SMILES string of the molecule is CN(CC(=O)Nc1cccc(F)c1)Cc1cnn(C)c1. The second-order valence-corrected chi connectivity index (χ2v) is 4.75. The van der Waals surface area contributed by atoms with Crippen LogP contribution in [-0.2, 0) is 18.4 Å². The summed E-state index contributed by atoms with van der Waals surface area (Å²) in [5.74, 6) is -0.548. The number of hydrogen-bond donors (Lipinski definition) is 1. The van der Waals surface area contributed by atoms with Crippen molar-refractivity contribution in [2.75, 3.05) is 18.9 Å². The summed E-state index contributed by atoms with van der Waals surface area (Å²) >= 11 is 0. The molecular weight excluding hydrogens is 259 g/mol. The first-order valence-electron chi connectivity index (χ1n) is 6.24. The highest BCUT2D eigenvalue weighted by atomic mass is 19.1. The van der Waals surface area contributed by atoms with Gasteiger partial charge in [0, 0.05) is 31.0 Å². The van der Waals surface area contributed by atoms with E-state index in [0.717, 1.165) is 5.56 Å². The van der Waals surface area contributed by atoms with Gasteiger partial charge in [-0.3, -0.25) is 14.4 Å². The van der Waals surface area contributed by atoms with Crippen LogP contribution in [-0.4, -0.2) is 34.2 Å². The number of halogens is 1. The fourth-order valence-electron chi connectivity index (χ4n) is 1.93. The van der Waals surface area contributed by atoms with E-state index in [-0.39, 0.29) is 18.3 Å². The van der Waals surface area contributed by atoms with Gasteiger partial charge in [-0.05, 0) is 25.2 Å². The third-order valence-electron chi connectivity index (χ3n) is 2.73. The summed E-state index contributed by atoms with van der Waals surface area (Å²) in [6, 6.07) is 5.84. The van der Waals surface area contributed by atoms with Crippen LogP contribution in [0, 0.1) is 5.82 Å². The zero-order chi connectivity index (χ0) is 14.5. The summed E-state index contributed by atoms with van der Waals surface area (Å²) in [6.07, 6.45) is 3.67. The van der Waals surface area contributed by atoms with E-state index in [0.29, 0.717) is 12.2 Å². The predicted molar refractivity (Wildman–Crippen MR) is 74.6 cm³/mol. The summed E-state index contributed by atoms with van der Waals surface area (Å²) in [5.41, 5.74) is 1.50. The molecule has 0 unspecified atom stereocenters. The van der Waals surface area contributed by atoms with Crippen molar-refractivity contribution < 1.29 is 9.18 Å². The Morgan fingerprint density at radius 2 is 2.30 bits per heavy atom. The molecule has 0 bridgehead atoms. The highest BCUT2D eigenvalue weighted by Gasteiger charge is 2.08. The first kappa shape index (κ1) is 14.2. The van der Waals surface area contributed by atoms with E-state index < -0.39 is 0 Å². The Morgan fingerprint density at radius 1 is 1.50 bits per heavy atom. The Balaban J connectivity index is 1.84. The molecule has 0 fully saturated rings. The molecule has 0 saturated heterocycles. The molecule has 2 aromatic rings. The van der Waals surface area contributed by atoms with Crippen molar-refractivity contribution in [2.24, 2.45) is 7.05 Å². The standard InChI is InChI=1S/C14H17FN4O/c1-18(8-11-7-16-19(2)9-11)10-14(20)17-13-5-3-4-12(15)6-13/h3-7,9H,8,10H2,1-2H3,(H,17,20). The number of aryl methyl sites for hydroxylation is 1. The van der Waals surface area contributed by atoms with E-state index in [1.54, 1.807) is 23.0 Å². The van der Waals surface area contributed by atoms with Crippen molar-refractivity contribution >= 4 is 11.6 Å². The van der Waals surface area contributed by atoms with Crippen LogP contribution in [0.3, 0.4) is 0 Å². The van der Waals surface area contributed by atoms with Gasteiger partial charge in [-0.15, -0.1) is 0 Å². The van der Waals surface area contributed by atoms with Gasteiger partial charge in [0.1, 0.15) is 5.82 Å². The lowest BCUT2D eigenvalue weighted by Crippen LogP contribution is -2.29. The number of hydrogen-bond acceptors (Lipinski definition) is 3. The van der Waals surface area contributed by atoms with Gasteiger partial charge in [-0.1, -0.05) is 6.07 Å². The quantitative estimate of drug-likeness (QED) is 0.903. The first-order chi connectivity index (χ1) is 9.52. The Kier molecular flexibility index (Phi) is 4.47. The van der Waals surface area contributed by atoms with Crippen molar-refractivity contribution in [3.8, 4) is 0 Å². The molecule has 106 valence electrons. The molecule has 0 radical (unpaired) electrons. The van der Waals surface area contributed by atoms with E-state index in [2.05, 4.69) is 10.4 Å². The average molecular weight is 276 g/mol. The average Bonchev–Trinajstić information content (AvgIpc) is 2.74. The molecule has 1 amide bonds. The van der Waals surface area contributed by atoms with Gasteiger partial charge in [0.15, 0.2) is 0 Å². The van der Waals surface area contributed by atoms with Crippen LogP contribution in [0.4, 0.5) is 10.1 Å².